The summed E-state index contributed by atoms with van der Waals surface area (Å²) in [7, 11) is 1.54. The molecule has 12 nitrogen and oxygen atoms in total. The van der Waals surface area contributed by atoms with E-state index in [1.165, 1.54) is 11.3 Å². The fourth-order valence-electron chi connectivity index (χ4n) is 7.16. The predicted octanol–water partition coefficient (Wildman–Crippen LogP) is 4.20. The van der Waals surface area contributed by atoms with E-state index in [1.807, 2.05) is 33.8 Å². The summed E-state index contributed by atoms with van der Waals surface area (Å²) in [6, 6.07) is 2.16. The summed E-state index contributed by atoms with van der Waals surface area (Å²) in [4.78, 5) is 75.7. The van der Waals surface area contributed by atoms with Gasteiger partial charge in [0.05, 0.1) is 25.4 Å². The molecule has 2 saturated carbocycles. The van der Waals surface area contributed by atoms with E-state index in [0.717, 1.165) is 38.5 Å². The molecule has 4 N–H and O–H groups in total. The Balaban J connectivity index is 1.42. The highest BCUT2D eigenvalue weighted by atomic mass is 35.5. The van der Waals surface area contributed by atoms with Crippen LogP contribution in [0, 0.1) is 11.3 Å². The van der Waals surface area contributed by atoms with Crippen molar-refractivity contribution in [2.45, 2.75) is 128 Å². The molecule has 1 aromatic rings. The minimum Gasteiger partial charge on any atom is -0.497 e. The van der Waals surface area contributed by atoms with E-state index in [9.17, 15) is 24.0 Å². The maximum absolute atomic E-state index is 14.6. The number of ketones is 1. The fraction of sp³-hybridized carbons (Fsp3) is 0.649. The van der Waals surface area contributed by atoms with Crippen LogP contribution in [0.25, 0.3) is 5.70 Å². The number of amides is 4. The highest BCUT2D eigenvalue weighted by Crippen LogP contribution is 2.40. The van der Waals surface area contributed by atoms with Crippen molar-refractivity contribution < 1.29 is 33.5 Å². The molecule has 50 heavy (non-hydrogen) atoms. The summed E-state index contributed by atoms with van der Waals surface area (Å²) in [6.45, 7) is 7.50. The van der Waals surface area contributed by atoms with Gasteiger partial charge in [-0.05, 0) is 67.7 Å². The zero-order valence-corrected chi connectivity index (χ0v) is 30.6. The average Bonchev–Trinajstić information content (AvgIpc) is 3.67. The first-order chi connectivity index (χ1) is 23.7. The van der Waals surface area contributed by atoms with Gasteiger partial charge in [-0.25, -0.2) is 0 Å². The second-order valence-corrected chi connectivity index (χ2v) is 15.9. The van der Waals surface area contributed by atoms with E-state index >= 15 is 0 Å². The monoisotopic (exact) mass is 713 g/mol. The van der Waals surface area contributed by atoms with Crippen LogP contribution in [0.15, 0.2) is 24.3 Å². The van der Waals surface area contributed by atoms with E-state index in [2.05, 4.69) is 21.4 Å². The van der Waals surface area contributed by atoms with Crippen LogP contribution in [0.4, 0.5) is 0 Å². The second-order valence-electron chi connectivity index (χ2n) is 15.4. The van der Waals surface area contributed by atoms with Crippen molar-refractivity contribution in [3.8, 4) is 5.75 Å². The summed E-state index contributed by atoms with van der Waals surface area (Å²) in [6.07, 6.45) is 10.0. The smallest absolute Gasteiger partial charge is 0.289 e. The molecule has 1 aromatic carbocycles. The van der Waals surface area contributed by atoms with Crippen LogP contribution in [-0.4, -0.2) is 77.7 Å². The van der Waals surface area contributed by atoms with Gasteiger partial charge < -0.3 is 25.6 Å². The van der Waals surface area contributed by atoms with Gasteiger partial charge in [0.25, 0.3) is 5.91 Å². The molecule has 2 heterocycles. The van der Waals surface area contributed by atoms with E-state index < -0.39 is 52.6 Å². The molecule has 4 aliphatic rings. The Morgan fingerprint density at radius 2 is 1.78 bits per heavy atom. The van der Waals surface area contributed by atoms with Crippen molar-refractivity contribution in [1.82, 2.24) is 26.3 Å². The third kappa shape index (κ3) is 9.17. The van der Waals surface area contributed by atoms with Crippen LogP contribution >= 0.6 is 11.6 Å². The number of hydroxylamine groups is 1. The number of likely N-dealkylation sites (tertiary alicyclic amines) is 1. The van der Waals surface area contributed by atoms with Gasteiger partial charge in [0.1, 0.15) is 23.4 Å². The van der Waals surface area contributed by atoms with Crippen molar-refractivity contribution in [2.75, 3.05) is 13.7 Å². The summed E-state index contributed by atoms with van der Waals surface area (Å²) in [5.41, 5.74) is 2.43. The van der Waals surface area contributed by atoms with Gasteiger partial charge in [-0.15, -0.1) is 0 Å². The van der Waals surface area contributed by atoms with Gasteiger partial charge in [-0.2, -0.15) is 0 Å². The van der Waals surface area contributed by atoms with Gasteiger partial charge >= 0.3 is 0 Å². The van der Waals surface area contributed by atoms with Crippen LogP contribution in [0.1, 0.15) is 104 Å². The van der Waals surface area contributed by atoms with E-state index in [0.29, 0.717) is 34.9 Å². The topological polar surface area (TPSA) is 155 Å². The van der Waals surface area contributed by atoms with Crippen molar-refractivity contribution in [3.63, 3.8) is 0 Å². The lowest BCUT2D eigenvalue weighted by Gasteiger charge is -2.36. The first kappa shape index (κ1) is 37.6. The Bertz CT molecular complexity index is 1500. The number of ether oxygens (including phenoxy) is 1. The van der Waals surface area contributed by atoms with Gasteiger partial charge in [0.15, 0.2) is 0 Å². The maximum Gasteiger partial charge on any atom is 0.289 e. The molecule has 2 aliphatic carbocycles. The number of Topliss-reactive ketones (excluding diaryl/α,β-unsaturated/α-hetero) is 1. The fourth-order valence-corrected chi connectivity index (χ4v) is 7.38. The SMILES string of the molecule is CCC[C@H](NC(=O)[C@@H]1C[C@]2(C=C(c3cc(Cl)cc(OC)c3)NO2)CN1C(=O)[C@@H](NC(=O)CC1CCCCC1)C(C)(C)C)C(=O)C(=O)NC1CC1. The lowest BCUT2D eigenvalue weighted by atomic mass is 9.84. The maximum atomic E-state index is 14.6. The van der Waals surface area contributed by atoms with E-state index in [-0.39, 0.29) is 37.3 Å². The third-order valence-electron chi connectivity index (χ3n) is 10.1. The van der Waals surface area contributed by atoms with Crippen LogP contribution < -0.4 is 26.2 Å². The minimum absolute atomic E-state index is 0.00223. The summed E-state index contributed by atoms with van der Waals surface area (Å²) >= 11 is 6.35. The number of nitrogens with zero attached hydrogens (tertiary/aromatic N) is 1. The Morgan fingerprint density at radius 1 is 1.06 bits per heavy atom. The number of carbonyl (C=O) groups excluding carboxylic acids is 5. The number of carbonyl (C=O) groups is 5. The van der Waals surface area contributed by atoms with Crippen LogP contribution in [0.5, 0.6) is 5.75 Å². The number of methoxy groups -OCH3 is 1. The van der Waals surface area contributed by atoms with Crippen molar-refractivity contribution in [1.29, 1.82) is 0 Å². The number of hydrogen-bond acceptors (Lipinski definition) is 8. The minimum atomic E-state index is -1.12. The van der Waals surface area contributed by atoms with Gasteiger partial charge in [0.2, 0.25) is 23.5 Å². The molecule has 0 unspecified atom stereocenters. The predicted molar refractivity (Wildman–Crippen MR) is 189 cm³/mol. The highest BCUT2D eigenvalue weighted by Gasteiger charge is 2.54. The Kier molecular flexibility index (Phi) is 11.8. The zero-order chi connectivity index (χ0) is 36.2. The number of nitrogens with one attached hydrogen (secondary N) is 4. The molecule has 0 radical (unpaired) electrons. The zero-order valence-electron chi connectivity index (χ0n) is 29.9. The molecule has 274 valence electrons. The van der Waals surface area contributed by atoms with Crippen LogP contribution in [0.2, 0.25) is 5.02 Å². The first-order valence-electron chi connectivity index (χ1n) is 18.0. The highest BCUT2D eigenvalue weighted by molar-refractivity contribution is 6.38. The molecule has 5 rings (SSSR count). The first-order valence-corrected chi connectivity index (χ1v) is 18.4. The summed E-state index contributed by atoms with van der Waals surface area (Å²) in [5, 5.41) is 8.99. The van der Waals surface area contributed by atoms with Crippen molar-refractivity contribution in [2.24, 2.45) is 11.3 Å². The van der Waals surface area contributed by atoms with Crippen LogP contribution in [-0.2, 0) is 28.8 Å². The number of halogens is 1. The quantitative estimate of drug-likeness (QED) is 0.222. The lowest BCUT2D eigenvalue weighted by Crippen LogP contribution is -2.59. The third-order valence-corrected chi connectivity index (χ3v) is 10.3. The van der Waals surface area contributed by atoms with Crippen LogP contribution in [0.3, 0.4) is 0 Å². The molecule has 4 amide bonds. The van der Waals surface area contributed by atoms with Crippen molar-refractivity contribution >= 4 is 46.7 Å². The number of benzene rings is 1. The van der Waals surface area contributed by atoms with E-state index in [1.54, 1.807) is 25.3 Å². The molecule has 13 heteroatoms. The van der Waals surface area contributed by atoms with Crippen molar-refractivity contribution in [3.05, 3.63) is 34.9 Å². The Labute approximate surface area is 299 Å². The molecule has 4 atom stereocenters. The largest absolute Gasteiger partial charge is 0.497 e. The Hall–Kier alpha value is -3.64. The molecule has 0 aromatic heterocycles. The summed E-state index contributed by atoms with van der Waals surface area (Å²) in [5.74, 6) is -1.79. The van der Waals surface area contributed by atoms with E-state index in [4.69, 9.17) is 21.2 Å². The standard InChI is InChI=1S/C37H52ClN5O7/c1-6-10-27(31(45)34(47)39-25-13-14-25)40-33(46)29-20-37(19-28(42-50-37)23-16-24(38)18-26(17-23)49-5)21-43(29)35(48)32(36(2,3)4)41-30(44)15-22-11-8-7-9-12-22/h16-19,22,25,27,29,32,42H,6-15,20-21H2,1-5H3,(H,39,47)(H,40,46)(H,41,44)/t27-,29-,32+,37+/m0/s1. The molecule has 3 fully saturated rings. The average molecular weight is 714 g/mol. The molecular formula is C37H52ClN5O7. The second kappa shape index (κ2) is 15.7. The van der Waals surface area contributed by atoms with Gasteiger partial charge in [-0.1, -0.05) is 65.0 Å². The van der Waals surface area contributed by atoms with Gasteiger partial charge in [-0.3, -0.25) is 34.3 Å². The molecular weight excluding hydrogens is 662 g/mol. The number of hydrogen-bond donors (Lipinski definition) is 4. The lowest BCUT2D eigenvalue weighted by molar-refractivity contribution is -0.145. The summed E-state index contributed by atoms with van der Waals surface area (Å²) < 4.78 is 5.39. The Morgan fingerprint density at radius 3 is 2.42 bits per heavy atom. The number of rotatable bonds is 13. The molecule has 1 spiro atoms. The molecule has 0 bridgehead atoms. The molecule has 2 aliphatic heterocycles. The normalized spacial score (nSPS) is 23.4. The van der Waals surface area contributed by atoms with Gasteiger partial charge in [0, 0.05) is 29.5 Å². The molecule has 1 saturated heterocycles.